The molecule has 1 aromatic heterocycles. The van der Waals surface area contributed by atoms with Crippen LogP contribution in [0.15, 0.2) is 18.5 Å². The van der Waals surface area contributed by atoms with Gasteiger partial charge in [0, 0.05) is 25.0 Å². The molecule has 3 nitrogen and oxygen atoms in total. The first kappa shape index (κ1) is 8.30. The maximum atomic E-state index is 5.84. The van der Waals surface area contributed by atoms with Gasteiger partial charge in [-0.15, -0.1) is 0 Å². The molecule has 0 aromatic carbocycles. The Labute approximate surface area is 67.0 Å². The zero-order valence-corrected chi connectivity index (χ0v) is 6.80. The zero-order valence-electron chi connectivity index (χ0n) is 6.80. The van der Waals surface area contributed by atoms with E-state index in [9.17, 15) is 0 Å². The van der Waals surface area contributed by atoms with Crippen LogP contribution in [0.3, 0.4) is 0 Å². The van der Waals surface area contributed by atoms with Crippen LogP contribution in [0.5, 0.6) is 0 Å². The van der Waals surface area contributed by atoms with Crippen molar-refractivity contribution in [3.8, 4) is 0 Å². The second-order valence-electron chi connectivity index (χ2n) is 2.56. The smallest absolute Gasteiger partial charge is 0.0436 e. The number of H-pyrrole nitrogens is 1. The van der Waals surface area contributed by atoms with Gasteiger partial charge in [0.25, 0.3) is 0 Å². The molecule has 0 fully saturated rings. The van der Waals surface area contributed by atoms with Gasteiger partial charge in [0.1, 0.15) is 0 Å². The van der Waals surface area contributed by atoms with E-state index in [1.807, 2.05) is 18.5 Å². The molecule has 0 saturated heterocycles. The summed E-state index contributed by atoms with van der Waals surface area (Å²) in [6.07, 6.45) is 3.82. The van der Waals surface area contributed by atoms with E-state index in [1.165, 1.54) is 0 Å². The predicted octanol–water partition coefficient (Wildman–Crippen LogP) is 0.624. The molecule has 1 unspecified atom stereocenters. The largest absolute Gasteiger partial charge is 0.367 e. The van der Waals surface area contributed by atoms with Gasteiger partial charge in [0.2, 0.25) is 0 Å². The number of nitrogens with one attached hydrogen (secondary N) is 2. The van der Waals surface area contributed by atoms with Gasteiger partial charge in [0.05, 0.1) is 0 Å². The molecule has 0 aliphatic rings. The minimum Gasteiger partial charge on any atom is -0.367 e. The SMILES string of the molecule is CCNCC(N)c1cc[nH]c1. The van der Waals surface area contributed by atoms with Crippen molar-refractivity contribution in [1.82, 2.24) is 10.3 Å². The lowest BCUT2D eigenvalue weighted by molar-refractivity contribution is 0.616. The number of aromatic nitrogens is 1. The molecule has 1 heterocycles. The summed E-state index contributed by atoms with van der Waals surface area (Å²) >= 11 is 0. The van der Waals surface area contributed by atoms with Gasteiger partial charge in [-0.2, -0.15) is 0 Å². The number of hydrogen-bond acceptors (Lipinski definition) is 2. The Morgan fingerprint density at radius 1 is 1.73 bits per heavy atom. The van der Waals surface area contributed by atoms with Crippen molar-refractivity contribution < 1.29 is 0 Å². The fourth-order valence-corrected chi connectivity index (χ4v) is 0.985. The minimum absolute atomic E-state index is 0.112. The molecule has 0 saturated carbocycles. The highest BCUT2D eigenvalue weighted by Crippen LogP contribution is 2.06. The van der Waals surface area contributed by atoms with Gasteiger partial charge < -0.3 is 16.0 Å². The minimum atomic E-state index is 0.112. The third-order valence-corrected chi connectivity index (χ3v) is 1.66. The van der Waals surface area contributed by atoms with Gasteiger partial charge in [-0.05, 0) is 18.2 Å². The highest BCUT2D eigenvalue weighted by molar-refractivity contribution is 5.13. The first-order valence-corrected chi connectivity index (χ1v) is 3.93. The highest BCUT2D eigenvalue weighted by atomic mass is 14.9. The van der Waals surface area contributed by atoms with E-state index in [1.54, 1.807) is 0 Å². The molecule has 11 heavy (non-hydrogen) atoms. The number of hydrogen-bond donors (Lipinski definition) is 3. The molecule has 0 radical (unpaired) electrons. The molecule has 1 atom stereocenters. The molecule has 0 aliphatic heterocycles. The molecule has 4 N–H and O–H groups in total. The average Bonchev–Trinajstić information content (AvgIpc) is 2.52. The molecule has 1 aromatic rings. The molecule has 0 aliphatic carbocycles. The summed E-state index contributed by atoms with van der Waals surface area (Å²) in [5, 5.41) is 3.20. The number of nitrogens with two attached hydrogens (primary N) is 1. The Balaban J connectivity index is 2.36. The van der Waals surface area contributed by atoms with Gasteiger partial charge in [-0.3, -0.25) is 0 Å². The molecule has 1 rings (SSSR count). The van der Waals surface area contributed by atoms with Gasteiger partial charge in [0.15, 0.2) is 0 Å². The van der Waals surface area contributed by atoms with Crippen LogP contribution in [0.25, 0.3) is 0 Å². The fourth-order valence-electron chi connectivity index (χ4n) is 0.985. The second kappa shape index (κ2) is 4.16. The van der Waals surface area contributed by atoms with Crippen LogP contribution in [0.2, 0.25) is 0 Å². The summed E-state index contributed by atoms with van der Waals surface area (Å²) < 4.78 is 0. The summed E-state index contributed by atoms with van der Waals surface area (Å²) in [6.45, 7) is 3.89. The lowest BCUT2D eigenvalue weighted by atomic mass is 10.2. The van der Waals surface area contributed by atoms with Crippen LogP contribution < -0.4 is 11.1 Å². The van der Waals surface area contributed by atoms with Crippen molar-refractivity contribution in [2.45, 2.75) is 13.0 Å². The summed E-state index contributed by atoms with van der Waals surface area (Å²) in [7, 11) is 0. The number of rotatable bonds is 4. The fraction of sp³-hybridized carbons (Fsp3) is 0.500. The molecule has 0 amide bonds. The van der Waals surface area contributed by atoms with E-state index in [4.69, 9.17) is 5.73 Å². The van der Waals surface area contributed by atoms with E-state index in [0.717, 1.165) is 18.7 Å². The van der Waals surface area contributed by atoms with Crippen molar-refractivity contribution in [3.63, 3.8) is 0 Å². The van der Waals surface area contributed by atoms with Crippen LogP contribution in [-0.2, 0) is 0 Å². The highest BCUT2D eigenvalue weighted by Gasteiger charge is 2.03. The Kier molecular flexibility index (Phi) is 3.14. The van der Waals surface area contributed by atoms with E-state index < -0.39 is 0 Å². The van der Waals surface area contributed by atoms with Crippen molar-refractivity contribution in [2.75, 3.05) is 13.1 Å². The maximum Gasteiger partial charge on any atom is 0.0436 e. The Hall–Kier alpha value is -0.800. The van der Waals surface area contributed by atoms with Crippen LogP contribution in [0.4, 0.5) is 0 Å². The topological polar surface area (TPSA) is 53.8 Å². The summed E-state index contributed by atoms with van der Waals surface area (Å²) in [4.78, 5) is 2.98. The maximum absolute atomic E-state index is 5.84. The van der Waals surface area contributed by atoms with Crippen molar-refractivity contribution in [1.29, 1.82) is 0 Å². The summed E-state index contributed by atoms with van der Waals surface area (Å²) in [5.41, 5.74) is 7.00. The van der Waals surface area contributed by atoms with E-state index in [-0.39, 0.29) is 6.04 Å². The van der Waals surface area contributed by atoms with Crippen LogP contribution in [0, 0.1) is 0 Å². The van der Waals surface area contributed by atoms with Crippen molar-refractivity contribution >= 4 is 0 Å². The predicted molar refractivity (Wildman–Crippen MR) is 46.3 cm³/mol. The van der Waals surface area contributed by atoms with Gasteiger partial charge >= 0.3 is 0 Å². The molecule has 0 bridgehead atoms. The Morgan fingerprint density at radius 2 is 2.55 bits per heavy atom. The molecule has 0 spiro atoms. The average molecular weight is 153 g/mol. The van der Waals surface area contributed by atoms with E-state index >= 15 is 0 Å². The quantitative estimate of drug-likeness (QED) is 0.594. The van der Waals surface area contributed by atoms with Crippen molar-refractivity contribution in [2.24, 2.45) is 5.73 Å². The lowest BCUT2D eigenvalue weighted by Crippen LogP contribution is -2.26. The van der Waals surface area contributed by atoms with Gasteiger partial charge in [-0.1, -0.05) is 6.92 Å². The number of aromatic amines is 1. The first-order valence-electron chi connectivity index (χ1n) is 3.93. The second-order valence-corrected chi connectivity index (χ2v) is 2.56. The van der Waals surface area contributed by atoms with E-state index in [2.05, 4.69) is 17.2 Å². The van der Waals surface area contributed by atoms with Crippen LogP contribution >= 0.6 is 0 Å². The monoisotopic (exact) mass is 153 g/mol. The third kappa shape index (κ3) is 2.37. The normalized spacial score (nSPS) is 13.3. The zero-order chi connectivity index (χ0) is 8.10. The number of likely N-dealkylation sites (N-methyl/N-ethyl adjacent to an activating group) is 1. The Bertz CT molecular complexity index is 181. The van der Waals surface area contributed by atoms with Crippen LogP contribution in [0.1, 0.15) is 18.5 Å². The Morgan fingerprint density at radius 3 is 3.09 bits per heavy atom. The van der Waals surface area contributed by atoms with E-state index in [0.29, 0.717) is 0 Å². The molecular weight excluding hydrogens is 138 g/mol. The molecule has 62 valence electrons. The molecule has 3 heteroatoms. The van der Waals surface area contributed by atoms with Gasteiger partial charge in [-0.25, -0.2) is 0 Å². The van der Waals surface area contributed by atoms with Crippen molar-refractivity contribution in [3.05, 3.63) is 24.0 Å². The molecular formula is C8H15N3. The first-order chi connectivity index (χ1) is 5.34. The third-order valence-electron chi connectivity index (χ3n) is 1.66. The van der Waals surface area contributed by atoms with Crippen LogP contribution in [-0.4, -0.2) is 18.1 Å². The standard InChI is InChI=1S/C8H15N3/c1-2-10-6-8(9)7-3-4-11-5-7/h3-5,8,10-11H,2,6,9H2,1H3. The lowest BCUT2D eigenvalue weighted by Gasteiger charge is -2.09. The summed E-state index contributed by atoms with van der Waals surface area (Å²) in [5.74, 6) is 0. The summed E-state index contributed by atoms with van der Waals surface area (Å²) in [6, 6.07) is 2.11.